The highest BCUT2D eigenvalue weighted by Crippen LogP contribution is 2.28. The van der Waals surface area contributed by atoms with Gasteiger partial charge in [0.2, 0.25) is 5.91 Å². The fourth-order valence-corrected chi connectivity index (χ4v) is 4.74. The number of carbonyl (C=O) groups excluding carboxylic acids is 1. The first kappa shape index (κ1) is 23.4. The van der Waals surface area contributed by atoms with E-state index in [1.165, 1.54) is 6.33 Å². The molecule has 0 radical (unpaired) electrons. The SMILES string of the molecule is N#CCC(CN1CCN(C(=O)C2CC=C(C#N)C=C2F)CC1)n1cc(-c2ncnc3[nH]ccc23)cn1. The molecule has 1 saturated heterocycles. The summed E-state index contributed by atoms with van der Waals surface area (Å²) in [5, 5.41) is 23.8. The van der Waals surface area contributed by atoms with Gasteiger partial charge in [0.25, 0.3) is 0 Å². The number of hydrogen-bond acceptors (Lipinski definition) is 7. The van der Waals surface area contributed by atoms with E-state index in [1.54, 1.807) is 21.9 Å². The quantitative estimate of drug-likeness (QED) is 0.568. The van der Waals surface area contributed by atoms with Crippen LogP contribution in [0.5, 0.6) is 0 Å². The van der Waals surface area contributed by atoms with E-state index in [2.05, 4.69) is 31.0 Å². The van der Waals surface area contributed by atoms with E-state index in [-0.39, 0.29) is 30.4 Å². The summed E-state index contributed by atoms with van der Waals surface area (Å²) in [6, 6.07) is 5.92. The van der Waals surface area contributed by atoms with Crippen LogP contribution in [-0.4, -0.2) is 73.2 Å². The largest absolute Gasteiger partial charge is 0.346 e. The summed E-state index contributed by atoms with van der Waals surface area (Å²) >= 11 is 0. The van der Waals surface area contributed by atoms with Crippen LogP contribution >= 0.6 is 0 Å². The number of hydrogen-bond donors (Lipinski definition) is 1. The lowest BCUT2D eigenvalue weighted by molar-refractivity contribution is -0.136. The van der Waals surface area contributed by atoms with Crippen LogP contribution in [0.1, 0.15) is 18.9 Å². The Labute approximate surface area is 207 Å². The molecule has 0 saturated carbocycles. The van der Waals surface area contributed by atoms with Gasteiger partial charge < -0.3 is 9.88 Å². The molecule has 0 aromatic carbocycles. The van der Waals surface area contributed by atoms with Crippen molar-refractivity contribution in [1.29, 1.82) is 10.5 Å². The van der Waals surface area contributed by atoms with Crippen LogP contribution in [0.3, 0.4) is 0 Å². The summed E-state index contributed by atoms with van der Waals surface area (Å²) in [5.41, 5.74) is 2.62. The normalized spacial score (nSPS) is 19.3. The van der Waals surface area contributed by atoms with Gasteiger partial charge in [-0.2, -0.15) is 15.6 Å². The highest BCUT2D eigenvalue weighted by atomic mass is 19.1. The molecule has 36 heavy (non-hydrogen) atoms. The van der Waals surface area contributed by atoms with Gasteiger partial charge in [-0.25, -0.2) is 14.4 Å². The minimum absolute atomic E-state index is 0.164. The minimum Gasteiger partial charge on any atom is -0.346 e. The predicted molar refractivity (Wildman–Crippen MR) is 128 cm³/mol. The van der Waals surface area contributed by atoms with Crippen LogP contribution < -0.4 is 0 Å². The van der Waals surface area contributed by atoms with Gasteiger partial charge in [0.1, 0.15) is 17.8 Å². The zero-order valence-electron chi connectivity index (χ0n) is 19.5. The number of H-pyrrole nitrogens is 1. The van der Waals surface area contributed by atoms with Crippen LogP contribution in [-0.2, 0) is 4.79 Å². The van der Waals surface area contributed by atoms with Gasteiger partial charge in [-0.1, -0.05) is 6.08 Å². The Kier molecular flexibility index (Phi) is 6.56. The second-order valence-corrected chi connectivity index (χ2v) is 8.90. The number of halogens is 1. The molecule has 182 valence electrons. The molecule has 0 spiro atoms. The van der Waals surface area contributed by atoms with E-state index in [0.29, 0.717) is 32.7 Å². The van der Waals surface area contributed by atoms with Crippen LogP contribution in [0.15, 0.2) is 54.5 Å². The van der Waals surface area contributed by atoms with Crippen molar-refractivity contribution in [2.75, 3.05) is 32.7 Å². The van der Waals surface area contributed by atoms with Crippen LogP contribution in [0, 0.1) is 28.6 Å². The Balaban J connectivity index is 1.22. The summed E-state index contributed by atoms with van der Waals surface area (Å²) < 4.78 is 16.2. The number of aromatic nitrogens is 5. The molecule has 2 atom stereocenters. The average Bonchev–Trinajstić information content (AvgIpc) is 3.58. The topological polar surface area (TPSA) is 131 Å². The molecular weight excluding hydrogens is 461 g/mol. The molecule has 3 aromatic heterocycles. The third kappa shape index (κ3) is 4.61. The summed E-state index contributed by atoms with van der Waals surface area (Å²) in [6.07, 6.45) is 10.2. The molecule has 2 aliphatic rings. The molecular formula is C25H24FN9O. The Morgan fingerprint density at radius 1 is 1.25 bits per heavy atom. The van der Waals surface area contributed by atoms with Gasteiger partial charge in [-0.15, -0.1) is 0 Å². The lowest BCUT2D eigenvalue weighted by Crippen LogP contribution is -2.51. The van der Waals surface area contributed by atoms with Crippen molar-refractivity contribution in [2.45, 2.75) is 18.9 Å². The van der Waals surface area contributed by atoms with Crippen molar-refractivity contribution >= 4 is 16.9 Å². The fourth-order valence-electron chi connectivity index (χ4n) is 4.74. The van der Waals surface area contributed by atoms with E-state index in [4.69, 9.17) is 5.26 Å². The number of rotatable bonds is 6. The Bertz CT molecular complexity index is 1410. The molecule has 5 rings (SSSR count). The first-order valence-corrected chi connectivity index (χ1v) is 11.8. The summed E-state index contributed by atoms with van der Waals surface area (Å²) in [4.78, 5) is 28.5. The highest BCUT2D eigenvalue weighted by Gasteiger charge is 2.32. The van der Waals surface area contributed by atoms with Crippen molar-refractivity contribution in [2.24, 2.45) is 5.92 Å². The van der Waals surface area contributed by atoms with Gasteiger partial charge in [0, 0.05) is 56.1 Å². The minimum atomic E-state index is -0.851. The third-order valence-electron chi connectivity index (χ3n) is 6.71. The van der Waals surface area contributed by atoms with Crippen molar-refractivity contribution in [3.05, 3.63) is 54.5 Å². The molecule has 1 aliphatic carbocycles. The molecule has 1 aliphatic heterocycles. The molecule has 1 amide bonds. The number of piperazine rings is 1. The maximum atomic E-state index is 14.4. The number of aromatic amines is 1. The van der Waals surface area contributed by atoms with Gasteiger partial charge in [0.15, 0.2) is 0 Å². The van der Waals surface area contributed by atoms with Crippen LogP contribution in [0.4, 0.5) is 4.39 Å². The zero-order chi connectivity index (χ0) is 25.1. The first-order valence-electron chi connectivity index (χ1n) is 11.8. The number of nitriles is 2. The summed E-state index contributed by atoms with van der Waals surface area (Å²) in [6.45, 7) is 2.80. The number of allylic oxidation sites excluding steroid dienone is 3. The number of carbonyl (C=O) groups is 1. The Morgan fingerprint density at radius 3 is 2.83 bits per heavy atom. The van der Waals surface area contributed by atoms with Gasteiger partial charge in [-0.3, -0.25) is 14.4 Å². The number of nitrogens with zero attached hydrogens (tertiary/aromatic N) is 8. The summed E-state index contributed by atoms with van der Waals surface area (Å²) in [5.74, 6) is -1.65. The number of amides is 1. The summed E-state index contributed by atoms with van der Waals surface area (Å²) in [7, 11) is 0. The maximum absolute atomic E-state index is 14.4. The first-order chi connectivity index (χ1) is 17.6. The van der Waals surface area contributed by atoms with Gasteiger partial charge in [-0.05, 0) is 18.6 Å². The molecule has 10 nitrogen and oxygen atoms in total. The second kappa shape index (κ2) is 10.1. The molecule has 4 heterocycles. The van der Waals surface area contributed by atoms with E-state index >= 15 is 0 Å². The smallest absolute Gasteiger partial charge is 0.232 e. The van der Waals surface area contributed by atoms with Crippen molar-refractivity contribution < 1.29 is 9.18 Å². The average molecular weight is 486 g/mol. The van der Waals surface area contributed by atoms with Gasteiger partial charge >= 0.3 is 0 Å². The fraction of sp³-hybridized carbons (Fsp3) is 0.360. The number of nitrogens with one attached hydrogen (secondary N) is 1. The predicted octanol–water partition coefficient (Wildman–Crippen LogP) is 2.74. The standard InChI is InChI=1S/C25H24FN9O/c26-22-11-17(12-28)1-2-20(22)25(36)34-9-7-33(8-10-34)15-19(3-5-27)35-14-18(13-32-35)23-21-4-6-29-24(21)31-16-30-23/h1,4,6,11,13-14,16,19-20H,2-3,7-10,15H2,(H,29,30,31). The molecule has 1 N–H and O–H groups in total. The third-order valence-corrected chi connectivity index (χ3v) is 6.71. The highest BCUT2D eigenvalue weighted by molar-refractivity contribution is 5.90. The van der Waals surface area contributed by atoms with E-state index < -0.39 is 11.7 Å². The zero-order valence-corrected chi connectivity index (χ0v) is 19.5. The molecule has 0 bridgehead atoms. The van der Waals surface area contributed by atoms with E-state index in [1.807, 2.05) is 24.5 Å². The Morgan fingerprint density at radius 2 is 2.08 bits per heavy atom. The molecule has 1 fully saturated rings. The number of fused-ring (bicyclic) bond motifs is 1. The van der Waals surface area contributed by atoms with Crippen molar-refractivity contribution in [3.8, 4) is 23.4 Å². The molecule has 2 unspecified atom stereocenters. The molecule has 3 aromatic rings. The lowest BCUT2D eigenvalue weighted by Gasteiger charge is -2.37. The van der Waals surface area contributed by atoms with Crippen LogP contribution in [0.2, 0.25) is 0 Å². The monoisotopic (exact) mass is 485 g/mol. The van der Waals surface area contributed by atoms with Crippen molar-refractivity contribution in [3.63, 3.8) is 0 Å². The second-order valence-electron chi connectivity index (χ2n) is 8.90. The van der Waals surface area contributed by atoms with E-state index in [0.717, 1.165) is 28.4 Å². The van der Waals surface area contributed by atoms with E-state index in [9.17, 15) is 14.4 Å². The van der Waals surface area contributed by atoms with Gasteiger partial charge in [0.05, 0.1) is 48.0 Å². The molecule has 11 heteroatoms. The Hall–Kier alpha value is -4.35. The van der Waals surface area contributed by atoms with Crippen LogP contribution in [0.25, 0.3) is 22.3 Å². The lowest BCUT2D eigenvalue weighted by atomic mass is 9.94. The maximum Gasteiger partial charge on any atom is 0.232 e. The van der Waals surface area contributed by atoms with Crippen molar-refractivity contribution in [1.82, 2.24) is 34.5 Å².